The Morgan fingerprint density at radius 1 is 1.33 bits per heavy atom. The van der Waals surface area contributed by atoms with Crippen LogP contribution in [0, 0.1) is 0 Å². The number of nitrogens with one attached hydrogen (secondary N) is 2. The minimum Gasteiger partial charge on any atom is -0.356 e. The number of carbonyl (C=O) groups is 1. The van der Waals surface area contributed by atoms with Crippen molar-refractivity contribution in [3.8, 4) is 0 Å². The van der Waals surface area contributed by atoms with E-state index in [9.17, 15) is 4.79 Å². The van der Waals surface area contributed by atoms with Gasteiger partial charge in [0.25, 0.3) is 0 Å². The van der Waals surface area contributed by atoms with Crippen LogP contribution >= 0.6 is 27.7 Å². The monoisotopic (exact) mass is 412 g/mol. The molecule has 0 aliphatic rings. The zero-order valence-electron chi connectivity index (χ0n) is 14.2. The van der Waals surface area contributed by atoms with Crippen LogP contribution in [-0.4, -0.2) is 55.5 Å². The van der Waals surface area contributed by atoms with Gasteiger partial charge in [0.1, 0.15) is 0 Å². The maximum atomic E-state index is 11.7. The number of halogens is 1. The van der Waals surface area contributed by atoms with Gasteiger partial charge in [0.05, 0.1) is 13.1 Å². The zero-order valence-corrected chi connectivity index (χ0v) is 16.6. The molecule has 0 heterocycles. The van der Waals surface area contributed by atoms with Crippen LogP contribution < -0.4 is 10.6 Å². The molecule has 0 bridgehead atoms. The summed E-state index contributed by atoms with van der Waals surface area (Å²) in [5, 5.41) is 6.34. The van der Waals surface area contributed by atoms with Crippen molar-refractivity contribution < 1.29 is 4.79 Å². The van der Waals surface area contributed by atoms with Gasteiger partial charge in [-0.3, -0.25) is 4.79 Å². The number of guanidine groups is 1. The lowest BCUT2D eigenvalue weighted by molar-refractivity contribution is -0.127. The highest BCUT2D eigenvalue weighted by Gasteiger charge is 2.05. The van der Waals surface area contributed by atoms with Gasteiger partial charge >= 0.3 is 0 Å². The van der Waals surface area contributed by atoms with Crippen molar-refractivity contribution >= 4 is 39.6 Å². The molecule has 7 heteroatoms. The van der Waals surface area contributed by atoms with Crippen molar-refractivity contribution in [2.24, 2.45) is 4.99 Å². The lowest BCUT2D eigenvalue weighted by atomic mass is 10.2. The number of thioether (sulfide) groups is 1. The molecular formula is C17H25BrN4OS. The van der Waals surface area contributed by atoms with Crippen molar-refractivity contribution in [3.05, 3.63) is 47.0 Å². The number of hydrogen-bond donors (Lipinski definition) is 2. The van der Waals surface area contributed by atoms with Crippen LogP contribution in [0.5, 0.6) is 0 Å². The smallest absolute Gasteiger partial charge is 0.241 e. The van der Waals surface area contributed by atoms with Gasteiger partial charge in [-0.25, -0.2) is 4.99 Å². The first-order valence-electron chi connectivity index (χ1n) is 7.68. The van der Waals surface area contributed by atoms with E-state index in [-0.39, 0.29) is 12.5 Å². The van der Waals surface area contributed by atoms with E-state index in [0.717, 1.165) is 28.1 Å². The van der Waals surface area contributed by atoms with Gasteiger partial charge in [-0.15, -0.1) is 6.58 Å². The molecule has 1 rings (SSSR count). The van der Waals surface area contributed by atoms with Crippen molar-refractivity contribution in [1.82, 2.24) is 15.5 Å². The molecule has 0 aliphatic heterocycles. The summed E-state index contributed by atoms with van der Waals surface area (Å²) in [4.78, 5) is 17.8. The first-order chi connectivity index (χ1) is 11.5. The van der Waals surface area contributed by atoms with Crippen molar-refractivity contribution in [3.63, 3.8) is 0 Å². The third-order valence-corrected chi connectivity index (χ3v) is 4.51. The number of carbonyl (C=O) groups excluding carboxylic acids is 1. The summed E-state index contributed by atoms with van der Waals surface area (Å²) in [6, 6.07) is 8.03. The predicted molar refractivity (Wildman–Crippen MR) is 108 cm³/mol. The average molecular weight is 413 g/mol. The van der Waals surface area contributed by atoms with Gasteiger partial charge in [-0.1, -0.05) is 34.1 Å². The van der Waals surface area contributed by atoms with E-state index in [1.807, 2.05) is 30.3 Å². The van der Waals surface area contributed by atoms with Gasteiger partial charge in [-0.2, -0.15) is 11.8 Å². The third kappa shape index (κ3) is 8.98. The Morgan fingerprint density at radius 3 is 2.67 bits per heavy atom. The van der Waals surface area contributed by atoms with E-state index < -0.39 is 0 Å². The van der Waals surface area contributed by atoms with E-state index in [1.54, 1.807) is 30.8 Å². The van der Waals surface area contributed by atoms with Crippen LogP contribution in [0.15, 0.2) is 46.4 Å². The molecule has 0 spiro atoms. The van der Waals surface area contributed by atoms with Crippen LogP contribution in [0.25, 0.3) is 0 Å². The number of likely N-dealkylation sites (N-methyl/N-ethyl adjacent to an activating group) is 1. The van der Waals surface area contributed by atoms with Crippen LogP contribution in [-0.2, 0) is 11.3 Å². The van der Waals surface area contributed by atoms with Crippen LogP contribution in [0.2, 0.25) is 0 Å². The van der Waals surface area contributed by atoms with Gasteiger partial charge in [0, 0.05) is 36.6 Å². The Balaban J connectivity index is 2.57. The minimum absolute atomic E-state index is 0.00849. The zero-order chi connectivity index (χ0) is 17.8. The molecule has 0 saturated heterocycles. The average Bonchev–Trinajstić information content (AvgIpc) is 2.57. The summed E-state index contributed by atoms with van der Waals surface area (Å²) >= 11 is 5.22. The van der Waals surface area contributed by atoms with Crippen LogP contribution in [0.1, 0.15) is 5.56 Å². The molecule has 0 radical (unpaired) electrons. The number of hydrogen-bond acceptors (Lipinski definition) is 3. The Hall–Kier alpha value is -1.47. The Bertz CT molecular complexity index is 546. The second-order valence-corrected chi connectivity index (χ2v) is 7.29. The Kier molecular flexibility index (Phi) is 10.3. The summed E-state index contributed by atoms with van der Waals surface area (Å²) in [5.41, 5.74) is 1.11. The fraction of sp³-hybridized carbons (Fsp3) is 0.412. The van der Waals surface area contributed by atoms with E-state index in [0.29, 0.717) is 12.5 Å². The standard InChI is InChI=1S/C17H25BrN4OS/c1-4-10-24-11-9-19-17(21-13-16(23)22(2)3)20-12-14-5-7-15(18)8-6-14/h4-8H,1,9-13H2,2-3H3,(H2,19,20,21). The molecule has 0 fully saturated rings. The number of benzene rings is 1. The lowest BCUT2D eigenvalue weighted by Crippen LogP contribution is -2.43. The molecule has 0 unspecified atom stereocenters. The van der Waals surface area contributed by atoms with E-state index >= 15 is 0 Å². The highest BCUT2D eigenvalue weighted by Crippen LogP contribution is 2.11. The predicted octanol–water partition coefficient (Wildman–Crippen LogP) is 2.49. The van der Waals surface area contributed by atoms with Gasteiger partial charge in [0.2, 0.25) is 5.91 Å². The maximum Gasteiger partial charge on any atom is 0.241 e. The number of amides is 1. The molecule has 0 saturated carbocycles. The maximum absolute atomic E-state index is 11.7. The SMILES string of the molecule is C=CCSCCNC(=NCc1ccc(Br)cc1)NCC(=O)N(C)C. The second kappa shape index (κ2) is 12.0. The summed E-state index contributed by atoms with van der Waals surface area (Å²) < 4.78 is 1.04. The number of rotatable bonds is 9. The molecule has 0 aliphatic carbocycles. The van der Waals surface area contributed by atoms with E-state index in [1.165, 1.54) is 0 Å². The normalized spacial score (nSPS) is 11.0. The van der Waals surface area contributed by atoms with Crippen molar-refractivity contribution in [2.45, 2.75) is 6.54 Å². The molecule has 1 amide bonds. The summed E-state index contributed by atoms with van der Waals surface area (Å²) in [6.07, 6.45) is 1.89. The fourth-order valence-corrected chi connectivity index (χ4v) is 2.50. The molecule has 1 aromatic rings. The summed E-state index contributed by atoms with van der Waals surface area (Å²) in [5.74, 6) is 2.54. The molecular weight excluding hydrogens is 388 g/mol. The van der Waals surface area contributed by atoms with E-state index in [2.05, 4.69) is 38.1 Å². The molecule has 0 atom stereocenters. The minimum atomic E-state index is 0.00849. The largest absolute Gasteiger partial charge is 0.356 e. The van der Waals surface area contributed by atoms with Gasteiger partial charge in [-0.05, 0) is 17.7 Å². The molecule has 24 heavy (non-hydrogen) atoms. The first-order valence-corrected chi connectivity index (χ1v) is 9.63. The lowest BCUT2D eigenvalue weighted by Gasteiger charge is -2.15. The number of nitrogens with zero attached hydrogens (tertiary/aromatic N) is 2. The molecule has 132 valence electrons. The fourth-order valence-electron chi connectivity index (χ4n) is 1.66. The van der Waals surface area contributed by atoms with Gasteiger partial charge < -0.3 is 15.5 Å². The second-order valence-electron chi connectivity index (χ2n) is 5.22. The van der Waals surface area contributed by atoms with Crippen LogP contribution in [0.4, 0.5) is 0 Å². The molecule has 5 nitrogen and oxygen atoms in total. The topological polar surface area (TPSA) is 56.7 Å². The van der Waals surface area contributed by atoms with Crippen molar-refractivity contribution in [1.29, 1.82) is 0 Å². The van der Waals surface area contributed by atoms with Crippen molar-refractivity contribution in [2.75, 3.05) is 38.7 Å². The first kappa shape index (κ1) is 20.6. The third-order valence-electron chi connectivity index (χ3n) is 3.01. The van der Waals surface area contributed by atoms with E-state index in [4.69, 9.17) is 0 Å². The Morgan fingerprint density at radius 2 is 2.04 bits per heavy atom. The Labute approximate surface area is 157 Å². The van der Waals surface area contributed by atoms with Gasteiger partial charge in [0.15, 0.2) is 5.96 Å². The summed E-state index contributed by atoms with van der Waals surface area (Å²) in [7, 11) is 3.48. The molecule has 0 aromatic heterocycles. The highest BCUT2D eigenvalue weighted by molar-refractivity contribution is 9.10. The van der Waals surface area contributed by atoms with Crippen LogP contribution in [0.3, 0.4) is 0 Å². The summed E-state index contributed by atoms with van der Waals surface area (Å²) in [6.45, 7) is 5.26. The highest BCUT2D eigenvalue weighted by atomic mass is 79.9. The number of aliphatic imine (C=N–C) groups is 1. The molecule has 1 aromatic carbocycles. The molecule has 2 N–H and O–H groups in total. The quantitative estimate of drug-likeness (QED) is 0.283.